The van der Waals surface area contributed by atoms with Gasteiger partial charge in [-0.3, -0.25) is 9.59 Å². The van der Waals surface area contributed by atoms with E-state index >= 15 is 0 Å². The molecule has 4 rings (SSSR count). The third-order valence-corrected chi connectivity index (χ3v) is 4.92. The summed E-state index contributed by atoms with van der Waals surface area (Å²) in [6.07, 6.45) is 2.87. The van der Waals surface area contributed by atoms with Crippen LogP contribution in [0.3, 0.4) is 0 Å². The van der Waals surface area contributed by atoms with Crippen molar-refractivity contribution in [2.75, 3.05) is 0 Å². The quantitative estimate of drug-likeness (QED) is 0.242. The van der Waals surface area contributed by atoms with Crippen LogP contribution in [-0.2, 0) is 0 Å². The number of nitrogens with one attached hydrogen (secondary N) is 1. The van der Waals surface area contributed by atoms with Crippen molar-refractivity contribution in [1.29, 1.82) is 0 Å². The van der Waals surface area contributed by atoms with Crippen molar-refractivity contribution in [3.05, 3.63) is 110 Å². The van der Waals surface area contributed by atoms with Crippen molar-refractivity contribution in [3.63, 3.8) is 0 Å². The molecule has 1 aromatic heterocycles. The minimum Gasteiger partial charge on any atom is -0.321 e. The number of allylic oxidation sites excluding steroid dienone is 1. The summed E-state index contributed by atoms with van der Waals surface area (Å²) in [5, 5.41) is 4.07. The molecule has 0 aliphatic carbocycles. The maximum Gasteiger partial charge on any atom is 0.260 e. The second kappa shape index (κ2) is 8.27. The summed E-state index contributed by atoms with van der Waals surface area (Å²) in [7, 11) is 0. The van der Waals surface area contributed by atoms with E-state index in [-0.39, 0.29) is 11.3 Å². The molecular weight excluding hydrogens is 400 g/mol. The molecule has 146 valence electrons. The first-order chi connectivity index (χ1) is 14.6. The van der Waals surface area contributed by atoms with Gasteiger partial charge >= 0.3 is 0 Å². The van der Waals surface area contributed by atoms with Crippen LogP contribution < -0.4 is 5.56 Å². The molecule has 1 heterocycles. The molecule has 0 bridgehead atoms. The summed E-state index contributed by atoms with van der Waals surface area (Å²) in [6.45, 7) is 0. The Morgan fingerprint density at radius 2 is 1.77 bits per heavy atom. The highest BCUT2D eigenvalue weighted by Gasteiger charge is 2.19. The van der Waals surface area contributed by atoms with Crippen molar-refractivity contribution in [2.24, 2.45) is 5.18 Å². The summed E-state index contributed by atoms with van der Waals surface area (Å²) in [4.78, 5) is 39.4. The molecule has 0 spiro atoms. The predicted octanol–water partition coefficient (Wildman–Crippen LogP) is 6.14. The molecule has 4 aromatic rings. The average molecular weight is 415 g/mol. The summed E-state index contributed by atoms with van der Waals surface area (Å²) in [5.41, 5.74) is 2.27. The SMILES string of the molecule is O=Nc1cccc(/C=C/C(=O)c2c(-c3ccccc3)c3cc(Cl)ccc3[nH]c2=O)c1. The monoisotopic (exact) mass is 414 g/mol. The molecule has 0 aliphatic heterocycles. The van der Waals surface area contributed by atoms with Gasteiger partial charge in [0, 0.05) is 21.5 Å². The van der Waals surface area contributed by atoms with Gasteiger partial charge in [0.1, 0.15) is 5.69 Å². The Kier molecular flexibility index (Phi) is 5.37. The number of benzene rings is 3. The third kappa shape index (κ3) is 3.83. The van der Waals surface area contributed by atoms with Crippen LogP contribution in [0.15, 0.2) is 88.8 Å². The molecule has 0 unspecified atom stereocenters. The van der Waals surface area contributed by atoms with Gasteiger partial charge in [-0.25, -0.2) is 0 Å². The Labute approximate surface area is 176 Å². The number of rotatable bonds is 5. The van der Waals surface area contributed by atoms with Crippen molar-refractivity contribution in [3.8, 4) is 11.1 Å². The third-order valence-electron chi connectivity index (χ3n) is 4.69. The van der Waals surface area contributed by atoms with Crippen molar-refractivity contribution < 1.29 is 4.79 Å². The Morgan fingerprint density at radius 1 is 0.967 bits per heavy atom. The number of halogens is 1. The van der Waals surface area contributed by atoms with Crippen molar-refractivity contribution >= 4 is 40.1 Å². The Bertz CT molecular complexity index is 1360. The molecule has 0 radical (unpaired) electrons. The summed E-state index contributed by atoms with van der Waals surface area (Å²) in [6, 6.07) is 20.9. The molecule has 5 nitrogen and oxygen atoms in total. The minimum atomic E-state index is -0.485. The molecule has 0 saturated heterocycles. The molecule has 6 heteroatoms. The summed E-state index contributed by atoms with van der Waals surface area (Å²) in [5.74, 6) is -0.457. The van der Waals surface area contributed by atoms with Crippen LogP contribution in [0.5, 0.6) is 0 Å². The molecule has 0 fully saturated rings. The van der Waals surface area contributed by atoms with Gasteiger partial charge in [0.15, 0.2) is 5.78 Å². The molecular formula is C24H15ClN2O3. The van der Waals surface area contributed by atoms with Gasteiger partial charge in [0.25, 0.3) is 5.56 Å². The van der Waals surface area contributed by atoms with Crippen molar-refractivity contribution in [1.82, 2.24) is 4.98 Å². The van der Waals surface area contributed by atoms with E-state index in [0.717, 1.165) is 5.56 Å². The summed E-state index contributed by atoms with van der Waals surface area (Å²) < 4.78 is 0. The van der Waals surface area contributed by atoms with E-state index in [9.17, 15) is 14.5 Å². The maximum atomic E-state index is 13.1. The van der Waals surface area contributed by atoms with Gasteiger partial charge in [-0.05, 0) is 52.7 Å². The zero-order chi connectivity index (χ0) is 21.1. The fourth-order valence-corrected chi connectivity index (χ4v) is 3.52. The van der Waals surface area contributed by atoms with Crippen LogP contribution in [-0.4, -0.2) is 10.8 Å². The van der Waals surface area contributed by atoms with Gasteiger partial charge in [0.2, 0.25) is 0 Å². The number of nitroso groups, excluding NO2 is 1. The Morgan fingerprint density at radius 3 is 2.53 bits per heavy atom. The second-order valence-corrected chi connectivity index (χ2v) is 7.08. The van der Waals surface area contributed by atoms with Crippen LogP contribution in [0.25, 0.3) is 28.1 Å². The van der Waals surface area contributed by atoms with E-state index in [1.54, 1.807) is 48.5 Å². The van der Waals surface area contributed by atoms with Crippen LogP contribution in [0.4, 0.5) is 5.69 Å². The number of hydrogen-bond acceptors (Lipinski definition) is 4. The molecule has 0 aliphatic rings. The van der Waals surface area contributed by atoms with Crippen LogP contribution in [0.2, 0.25) is 5.02 Å². The standard InChI is InChI=1S/C24H15ClN2O3/c25-17-10-11-20-19(14-17)22(16-6-2-1-3-7-16)23(24(29)26-20)21(28)12-9-15-5-4-8-18(13-15)27-30/h1-14H,(H,26,29)/b12-9+. The zero-order valence-corrected chi connectivity index (χ0v) is 16.4. The Balaban J connectivity index is 1.90. The van der Waals surface area contributed by atoms with Gasteiger partial charge in [-0.1, -0.05) is 60.1 Å². The van der Waals surface area contributed by atoms with Gasteiger partial charge in [-0.2, -0.15) is 0 Å². The number of carbonyl (C=O) groups is 1. The smallest absolute Gasteiger partial charge is 0.260 e. The number of hydrogen-bond donors (Lipinski definition) is 1. The van der Waals surface area contributed by atoms with Crippen molar-refractivity contribution in [2.45, 2.75) is 0 Å². The number of H-pyrrole nitrogens is 1. The largest absolute Gasteiger partial charge is 0.321 e. The average Bonchev–Trinajstić information content (AvgIpc) is 2.77. The first-order valence-corrected chi connectivity index (χ1v) is 9.51. The van der Waals surface area contributed by atoms with E-state index in [1.807, 2.05) is 30.3 Å². The van der Waals surface area contributed by atoms with Gasteiger partial charge in [0.05, 0.1) is 5.56 Å². The first kappa shape index (κ1) is 19.5. The normalized spacial score (nSPS) is 11.1. The highest BCUT2D eigenvalue weighted by atomic mass is 35.5. The lowest BCUT2D eigenvalue weighted by molar-refractivity contribution is 0.104. The number of fused-ring (bicyclic) bond motifs is 1. The molecule has 1 N–H and O–H groups in total. The van der Waals surface area contributed by atoms with E-state index in [0.29, 0.717) is 27.1 Å². The molecule has 0 saturated carbocycles. The number of ketones is 1. The number of nitrogens with zero attached hydrogens (tertiary/aromatic N) is 1. The van der Waals surface area contributed by atoms with E-state index < -0.39 is 11.3 Å². The fourth-order valence-electron chi connectivity index (χ4n) is 3.35. The van der Waals surface area contributed by atoms with E-state index in [1.165, 1.54) is 6.08 Å². The lowest BCUT2D eigenvalue weighted by atomic mass is 9.94. The topological polar surface area (TPSA) is 79.4 Å². The van der Waals surface area contributed by atoms with Crippen LogP contribution in [0, 0.1) is 4.91 Å². The highest BCUT2D eigenvalue weighted by molar-refractivity contribution is 6.31. The molecule has 30 heavy (non-hydrogen) atoms. The number of aromatic amines is 1. The summed E-state index contributed by atoms with van der Waals surface area (Å²) >= 11 is 6.19. The second-order valence-electron chi connectivity index (χ2n) is 6.64. The maximum absolute atomic E-state index is 13.1. The lowest BCUT2D eigenvalue weighted by Crippen LogP contribution is -2.18. The molecule has 0 amide bonds. The molecule has 3 aromatic carbocycles. The van der Waals surface area contributed by atoms with E-state index in [2.05, 4.69) is 10.2 Å². The Hall–Kier alpha value is -3.83. The molecule has 0 atom stereocenters. The lowest BCUT2D eigenvalue weighted by Gasteiger charge is -2.11. The fraction of sp³-hybridized carbons (Fsp3) is 0. The number of pyridine rings is 1. The number of carbonyl (C=O) groups excluding carboxylic acids is 1. The van der Waals surface area contributed by atoms with E-state index in [4.69, 9.17) is 11.6 Å². The first-order valence-electron chi connectivity index (χ1n) is 9.13. The predicted molar refractivity (Wildman–Crippen MR) is 120 cm³/mol. The highest BCUT2D eigenvalue weighted by Crippen LogP contribution is 2.31. The zero-order valence-electron chi connectivity index (χ0n) is 15.6. The van der Waals surface area contributed by atoms with Gasteiger partial charge in [-0.15, -0.1) is 4.91 Å². The minimum absolute atomic E-state index is 0.0249. The number of aromatic nitrogens is 1. The van der Waals surface area contributed by atoms with Crippen LogP contribution >= 0.6 is 11.6 Å². The van der Waals surface area contributed by atoms with Crippen LogP contribution in [0.1, 0.15) is 15.9 Å². The van der Waals surface area contributed by atoms with Gasteiger partial charge < -0.3 is 4.98 Å².